The van der Waals surface area contributed by atoms with E-state index in [1.54, 1.807) is 12.5 Å². The predicted octanol–water partition coefficient (Wildman–Crippen LogP) is 17.5. The van der Waals surface area contributed by atoms with Gasteiger partial charge in [0.15, 0.2) is 36.2 Å². The zero-order valence-corrected chi connectivity index (χ0v) is 61.5. The van der Waals surface area contributed by atoms with Crippen molar-refractivity contribution in [3.8, 4) is 12.3 Å². The van der Waals surface area contributed by atoms with Crippen molar-refractivity contribution < 1.29 is 47.7 Å². The topological polar surface area (TPSA) is 141 Å². The maximum Gasteiger partial charge on any atom is 0.337 e. The molecule has 0 aromatic rings. The molecule has 5 aliphatic carbocycles. The first-order chi connectivity index (χ1) is 39.1. The summed E-state index contributed by atoms with van der Waals surface area (Å²) in [6, 6.07) is 0. The number of esters is 2. The molecule has 14 heteroatoms. The molecule has 2 aliphatic heterocycles. The monoisotopic (exact) mass is 1300 g/mol. The van der Waals surface area contributed by atoms with Crippen LogP contribution in [0.25, 0.3) is 0 Å². The van der Waals surface area contributed by atoms with Gasteiger partial charge in [0.25, 0.3) is 0 Å². The minimum absolute atomic E-state index is 0.00555. The van der Waals surface area contributed by atoms with Gasteiger partial charge in [-0.25, -0.2) is 9.59 Å². The molecule has 2 unspecified atom stereocenters. The summed E-state index contributed by atoms with van der Waals surface area (Å²) in [5.74, 6) is 6.62. The van der Waals surface area contributed by atoms with Crippen LogP contribution in [0.4, 0.5) is 0 Å². The smallest absolute Gasteiger partial charge is 0.337 e. The summed E-state index contributed by atoms with van der Waals surface area (Å²) >= 11 is 3.63. The first-order valence-electron chi connectivity index (χ1n) is 33.0. The van der Waals surface area contributed by atoms with Gasteiger partial charge in [0.05, 0.1) is 37.6 Å². The highest BCUT2D eigenvalue weighted by Crippen LogP contribution is 2.62. The highest BCUT2D eigenvalue weighted by Gasteiger charge is 2.54. The van der Waals surface area contributed by atoms with E-state index in [2.05, 4.69) is 167 Å². The van der Waals surface area contributed by atoms with E-state index in [4.69, 9.17) is 29.2 Å². The second-order valence-corrected chi connectivity index (χ2v) is 47.1. The number of aliphatic hydroxyl groups is 3. The molecule has 85 heavy (non-hydrogen) atoms. The predicted molar refractivity (Wildman–Crippen MR) is 361 cm³/mol. The molecular formula is C71H121BrO10Si3. The Kier molecular flexibility index (Phi) is 25.3. The summed E-state index contributed by atoms with van der Waals surface area (Å²) in [6.45, 7) is 51.4. The van der Waals surface area contributed by atoms with Crippen molar-refractivity contribution in [2.75, 3.05) is 13.2 Å². The van der Waals surface area contributed by atoms with E-state index in [1.807, 2.05) is 13.0 Å². The SMILES string of the molecule is C#CC[C@H](C[C@@H](C=C)O[Si](C)(C)C(C)(C)C)O[Si](C)(C)C(C)(C)C.C=C1/C(=C\C=C2/CCC[C@@]3(C)C2CC[C@@H]3[C@H](C)C[C@H]2COC(=O)[C@](C)(O)C2)C[C@@H](O)C[C@@H]1O.C[C@H](C[C@H]1COC(=O)[C@](C)(O[Si](C)(C)C)C1)[C@H]1CCC2/C(=C/Br)CCC[C@@]21C. The van der Waals surface area contributed by atoms with Crippen molar-refractivity contribution in [1.82, 2.24) is 0 Å². The number of halogens is 1. The van der Waals surface area contributed by atoms with Gasteiger partial charge < -0.3 is 38.1 Å². The normalized spacial score (nSPS) is 35.9. The molecule has 10 nitrogen and oxygen atoms in total. The quantitative estimate of drug-likeness (QED) is 0.0558. The van der Waals surface area contributed by atoms with Gasteiger partial charge in [0.1, 0.15) is 0 Å². The van der Waals surface area contributed by atoms with Gasteiger partial charge in [-0.1, -0.05) is 121 Å². The van der Waals surface area contributed by atoms with Gasteiger partial charge in [-0.15, -0.1) is 18.9 Å². The molecule has 0 spiro atoms. The molecule has 0 radical (unpaired) electrons. The molecule has 0 bridgehead atoms. The Morgan fingerprint density at radius 2 is 1.26 bits per heavy atom. The summed E-state index contributed by atoms with van der Waals surface area (Å²) in [5.41, 5.74) is 3.43. The third-order valence-electron chi connectivity index (χ3n) is 22.6. The standard InChI is InChI=1S/C28H42O5.C23H39BrO3Si.C20H40O2Si2/c1-17(12-19-15-28(4,32)26(31)33-16-19)23-9-10-24-20(6-5-11-27(23,24)3)7-8-21-13-22(29)14-25(30)18(21)2;1-16(19-9-10-20-18(14-24)8-7-11-22(19,20)2)12-17-13-23(3,21(25)26-15-17)27-28(4,5)6;1-13-15-18(22-24(11,12)20(6,7)8)16-17(14-2)21-23(9,10)19(3,4)5/h7-8,17,19,22-25,29-30,32H,2,5-6,9-16H2,1,3-4H3;14,16-17,19-20H,7-13,15H2,1-6H3;1,14,17-18H,2,15-16H2,3-12H3/b20-7+,21-8-;18-14+;/t17-,19-,22-,23-,24?,25+,27-,28-;16-,17-,19-,20?,22-,23-;17-,18-/m111/s1. The fourth-order valence-corrected chi connectivity index (χ4v) is 21.0. The molecule has 5 saturated carbocycles. The summed E-state index contributed by atoms with van der Waals surface area (Å²) < 4.78 is 30.3. The Labute approximate surface area is 529 Å². The molecule has 7 fully saturated rings. The van der Waals surface area contributed by atoms with E-state index in [0.717, 1.165) is 55.1 Å². The number of ether oxygens (including phenoxy) is 2. The Hall–Kier alpha value is -1.91. The minimum atomic E-state index is -1.85. The van der Waals surface area contributed by atoms with Gasteiger partial charge in [-0.3, -0.25) is 0 Å². The summed E-state index contributed by atoms with van der Waals surface area (Å²) in [7, 11) is -5.51. The molecule has 2 heterocycles. The molecule has 2 saturated heterocycles. The van der Waals surface area contributed by atoms with Crippen molar-refractivity contribution in [2.45, 2.75) is 290 Å². The van der Waals surface area contributed by atoms with E-state index >= 15 is 0 Å². The van der Waals surface area contributed by atoms with Crippen LogP contribution in [0.1, 0.15) is 199 Å². The van der Waals surface area contributed by atoms with Crippen molar-refractivity contribution >= 4 is 52.8 Å². The zero-order valence-electron chi connectivity index (χ0n) is 56.9. The molecule has 0 aromatic heterocycles. The average Bonchev–Trinajstić information content (AvgIpc) is 4.18. The lowest BCUT2D eigenvalue weighted by Gasteiger charge is -2.45. The number of hydrogen-bond acceptors (Lipinski definition) is 10. The second-order valence-electron chi connectivity index (χ2n) is 32.7. The average molecular weight is 1300 g/mol. The van der Waals surface area contributed by atoms with Crippen LogP contribution in [0.2, 0.25) is 55.9 Å². The Bertz CT molecular complexity index is 2440. The first kappa shape index (κ1) is 73.8. The molecule has 16 atom stereocenters. The molecule has 484 valence electrons. The first-order valence-corrected chi connectivity index (χ1v) is 43.1. The molecule has 3 N–H and O–H groups in total. The number of aliphatic hydroxyl groups excluding tert-OH is 2. The van der Waals surface area contributed by atoms with Crippen LogP contribution in [-0.2, 0) is 32.3 Å². The molecule has 0 amide bonds. The van der Waals surface area contributed by atoms with Crippen LogP contribution in [-0.4, -0.2) is 101 Å². The van der Waals surface area contributed by atoms with E-state index in [0.29, 0.717) is 73.9 Å². The number of carbonyl (C=O) groups excluding carboxylic acids is 2. The van der Waals surface area contributed by atoms with E-state index in [-0.39, 0.29) is 39.6 Å². The molecule has 0 aromatic carbocycles. The lowest BCUT2D eigenvalue weighted by molar-refractivity contribution is -0.177. The van der Waals surface area contributed by atoms with Crippen LogP contribution in [0.5, 0.6) is 0 Å². The Morgan fingerprint density at radius 3 is 1.74 bits per heavy atom. The molecule has 7 aliphatic rings. The summed E-state index contributed by atoms with van der Waals surface area (Å²) in [4.78, 5) is 26.5. The van der Waals surface area contributed by atoms with E-state index in [9.17, 15) is 24.9 Å². The van der Waals surface area contributed by atoms with Crippen LogP contribution in [0, 0.1) is 70.5 Å². The Balaban J connectivity index is 0.000000237. The van der Waals surface area contributed by atoms with Crippen molar-refractivity contribution in [3.05, 3.63) is 58.7 Å². The fraction of sp³-hybridized carbons (Fsp3) is 0.803. The van der Waals surface area contributed by atoms with Crippen molar-refractivity contribution in [2.24, 2.45) is 58.2 Å². The minimum Gasteiger partial charge on any atom is -0.463 e. The largest absolute Gasteiger partial charge is 0.463 e. The number of allylic oxidation sites excluding steroid dienone is 4. The molecular weight excluding hydrogens is 1180 g/mol. The van der Waals surface area contributed by atoms with Gasteiger partial charge in [-0.2, -0.15) is 0 Å². The third kappa shape index (κ3) is 18.6. The number of carbonyl (C=O) groups is 2. The summed E-state index contributed by atoms with van der Waals surface area (Å²) in [5, 5.41) is 30.9. The number of hydrogen-bond donors (Lipinski definition) is 3. The zero-order chi connectivity index (χ0) is 64.1. The van der Waals surface area contributed by atoms with Gasteiger partial charge in [0.2, 0.25) is 0 Å². The fourth-order valence-electron chi connectivity index (χ4n) is 16.3. The van der Waals surface area contributed by atoms with Crippen LogP contribution in [0.3, 0.4) is 0 Å². The number of fused-ring (bicyclic) bond motifs is 2. The van der Waals surface area contributed by atoms with Crippen LogP contribution in [0.15, 0.2) is 58.7 Å². The van der Waals surface area contributed by atoms with Crippen molar-refractivity contribution in [3.63, 3.8) is 0 Å². The van der Waals surface area contributed by atoms with Gasteiger partial charge in [-0.05, 0) is 240 Å². The third-order valence-corrected chi connectivity index (χ3v) is 33.2. The maximum absolute atomic E-state index is 12.5. The summed E-state index contributed by atoms with van der Waals surface area (Å²) in [6.07, 6.45) is 29.1. The maximum atomic E-state index is 12.5. The Morgan fingerprint density at radius 1 is 0.765 bits per heavy atom. The highest BCUT2D eigenvalue weighted by molar-refractivity contribution is 9.11. The van der Waals surface area contributed by atoms with Crippen LogP contribution >= 0.6 is 15.9 Å². The highest BCUT2D eigenvalue weighted by atomic mass is 79.9. The van der Waals surface area contributed by atoms with Gasteiger partial charge in [0, 0.05) is 19.3 Å². The van der Waals surface area contributed by atoms with Crippen molar-refractivity contribution in [1.29, 1.82) is 0 Å². The van der Waals surface area contributed by atoms with E-state index < -0.39 is 54.3 Å². The number of terminal acetylenes is 1. The van der Waals surface area contributed by atoms with E-state index in [1.165, 1.54) is 63.4 Å². The number of rotatable bonds is 17. The molecule has 7 rings (SSSR count). The number of cyclic esters (lactones) is 2. The second kappa shape index (κ2) is 29.1. The lowest BCUT2D eigenvalue weighted by Crippen LogP contribution is -2.52. The van der Waals surface area contributed by atoms with Gasteiger partial charge >= 0.3 is 11.9 Å². The van der Waals surface area contributed by atoms with Crippen LogP contribution < -0.4 is 0 Å². The lowest BCUT2D eigenvalue weighted by atomic mass is 9.60.